The van der Waals surface area contributed by atoms with E-state index in [2.05, 4.69) is 5.32 Å². The van der Waals surface area contributed by atoms with Crippen molar-refractivity contribution in [2.45, 2.75) is 30.6 Å². The molecule has 0 atom stereocenters. The molecular weight excluding hydrogens is 422 g/mol. The Morgan fingerprint density at radius 1 is 1.03 bits per heavy atom. The van der Waals surface area contributed by atoms with Gasteiger partial charge in [0.25, 0.3) is 11.6 Å². The summed E-state index contributed by atoms with van der Waals surface area (Å²) in [6, 6.07) is 19.7. The summed E-state index contributed by atoms with van der Waals surface area (Å²) in [5.41, 5.74) is 3.96. The van der Waals surface area contributed by atoms with Crippen molar-refractivity contribution in [1.82, 2.24) is 0 Å². The van der Waals surface area contributed by atoms with Gasteiger partial charge in [-0.1, -0.05) is 41.6 Å². The molecule has 0 spiro atoms. The van der Waals surface area contributed by atoms with E-state index in [0.29, 0.717) is 16.1 Å². The van der Waals surface area contributed by atoms with Crippen LogP contribution in [0.5, 0.6) is 0 Å². The zero-order valence-electron chi connectivity index (χ0n) is 17.9. The third kappa shape index (κ3) is 5.62. The summed E-state index contributed by atoms with van der Waals surface area (Å²) in [6.45, 7) is 5.87. The fourth-order valence-corrected chi connectivity index (χ4v) is 3.82. The number of nitriles is 1. The largest absolute Gasteiger partial charge is 0.321 e. The lowest BCUT2D eigenvalue weighted by atomic mass is 10.1. The molecule has 0 unspecified atom stereocenters. The lowest BCUT2D eigenvalue weighted by Crippen LogP contribution is -2.13. The topological polar surface area (TPSA) is 96.0 Å². The summed E-state index contributed by atoms with van der Waals surface area (Å²) in [5.74, 6) is -0.573. The zero-order valence-corrected chi connectivity index (χ0v) is 18.7. The molecule has 3 aromatic rings. The van der Waals surface area contributed by atoms with Crippen LogP contribution in [0.2, 0.25) is 0 Å². The van der Waals surface area contributed by atoms with Gasteiger partial charge in [0.05, 0.1) is 9.82 Å². The molecule has 0 aromatic heterocycles. The third-order valence-corrected chi connectivity index (χ3v) is 5.94. The van der Waals surface area contributed by atoms with E-state index < -0.39 is 10.8 Å². The lowest BCUT2D eigenvalue weighted by molar-refractivity contribution is -0.387. The molecule has 7 heteroatoms. The second-order valence-corrected chi connectivity index (χ2v) is 8.44. The summed E-state index contributed by atoms with van der Waals surface area (Å²) in [7, 11) is 0. The maximum absolute atomic E-state index is 12.6. The second-order valence-electron chi connectivity index (χ2n) is 7.32. The van der Waals surface area contributed by atoms with Crippen molar-refractivity contribution in [3.05, 3.63) is 98.6 Å². The molecule has 6 nitrogen and oxygen atoms in total. The highest BCUT2D eigenvalue weighted by atomic mass is 32.2. The molecule has 1 N–H and O–H groups in total. The summed E-state index contributed by atoms with van der Waals surface area (Å²) >= 11 is 1.29. The Morgan fingerprint density at radius 3 is 2.38 bits per heavy atom. The summed E-state index contributed by atoms with van der Waals surface area (Å²) in [6.07, 6.45) is 1.35. The molecule has 1 amide bonds. The molecule has 160 valence electrons. The molecule has 0 heterocycles. The SMILES string of the molecule is Cc1ccc(Sc2ccc(C=C(C#N)C(=O)Nc3ccc(C)c(C)c3)cc2[N+](=O)[O-])cc1. The molecule has 3 aromatic carbocycles. The number of nitro groups is 1. The van der Waals surface area contributed by atoms with E-state index >= 15 is 0 Å². The van der Waals surface area contributed by atoms with Gasteiger partial charge in [-0.05, 0) is 73.9 Å². The van der Waals surface area contributed by atoms with Crippen LogP contribution in [-0.2, 0) is 4.79 Å². The van der Waals surface area contributed by atoms with Crippen LogP contribution in [-0.4, -0.2) is 10.8 Å². The number of aryl methyl sites for hydroxylation is 3. The minimum atomic E-state index is -0.573. The number of nitro benzene ring substituents is 1. The first kappa shape index (κ1) is 22.8. The first-order chi connectivity index (χ1) is 15.3. The zero-order chi connectivity index (χ0) is 23.3. The van der Waals surface area contributed by atoms with Crippen molar-refractivity contribution in [2.75, 3.05) is 5.32 Å². The maximum atomic E-state index is 12.6. The average molecular weight is 444 g/mol. The first-order valence-electron chi connectivity index (χ1n) is 9.80. The Kier molecular flexibility index (Phi) is 7.08. The Labute approximate surface area is 190 Å². The van der Waals surface area contributed by atoms with Crippen LogP contribution in [0.25, 0.3) is 6.08 Å². The highest BCUT2D eigenvalue weighted by Gasteiger charge is 2.17. The molecule has 32 heavy (non-hydrogen) atoms. The fraction of sp³-hybridized carbons (Fsp3) is 0.120. The number of anilines is 1. The number of hydrogen-bond donors (Lipinski definition) is 1. The number of benzene rings is 3. The number of amides is 1. The number of carbonyl (C=O) groups is 1. The van der Waals surface area contributed by atoms with Crippen molar-refractivity contribution in [3.63, 3.8) is 0 Å². The number of rotatable bonds is 6. The maximum Gasteiger partial charge on any atom is 0.283 e. The molecule has 0 aliphatic rings. The van der Waals surface area contributed by atoms with Gasteiger partial charge in [0.2, 0.25) is 0 Å². The van der Waals surface area contributed by atoms with E-state index in [0.717, 1.165) is 21.6 Å². The Hall–Kier alpha value is -3.89. The van der Waals surface area contributed by atoms with E-state index in [1.807, 2.05) is 63.2 Å². The van der Waals surface area contributed by atoms with E-state index in [9.17, 15) is 20.2 Å². The van der Waals surface area contributed by atoms with Crippen molar-refractivity contribution in [3.8, 4) is 6.07 Å². The number of carbonyl (C=O) groups excluding carboxylic acids is 1. The summed E-state index contributed by atoms with van der Waals surface area (Å²) < 4.78 is 0. The molecule has 0 aliphatic heterocycles. The van der Waals surface area contributed by atoms with Gasteiger partial charge >= 0.3 is 0 Å². The van der Waals surface area contributed by atoms with Gasteiger partial charge in [0.1, 0.15) is 11.6 Å². The molecule has 3 rings (SSSR count). The van der Waals surface area contributed by atoms with Crippen LogP contribution in [0.15, 0.2) is 76.0 Å². The van der Waals surface area contributed by atoms with Gasteiger partial charge in [-0.2, -0.15) is 5.26 Å². The molecule has 0 saturated heterocycles. The molecule has 0 fully saturated rings. The van der Waals surface area contributed by atoms with Crippen LogP contribution in [0.4, 0.5) is 11.4 Å². The van der Waals surface area contributed by atoms with Crippen LogP contribution in [0.3, 0.4) is 0 Å². The minimum Gasteiger partial charge on any atom is -0.321 e. The Morgan fingerprint density at radius 2 is 1.75 bits per heavy atom. The molecule has 0 radical (unpaired) electrons. The van der Waals surface area contributed by atoms with Gasteiger partial charge in [0.15, 0.2) is 0 Å². The van der Waals surface area contributed by atoms with Crippen molar-refractivity contribution < 1.29 is 9.72 Å². The van der Waals surface area contributed by atoms with E-state index in [4.69, 9.17) is 0 Å². The predicted octanol–water partition coefficient (Wildman–Crippen LogP) is 6.22. The highest BCUT2D eigenvalue weighted by molar-refractivity contribution is 7.99. The Bertz CT molecular complexity index is 1260. The minimum absolute atomic E-state index is 0.0869. The number of nitrogens with one attached hydrogen (secondary N) is 1. The second kappa shape index (κ2) is 9.94. The first-order valence-corrected chi connectivity index (χ1v) is 10.6. The van der Waals surface area contributed by atoms with E-state index in [-0.39, 0.29) is 11.3 Å². The molecular formula is C25H21N3O3S. The normalized spacial score (nSPS) is 11.0. The molecule has 0 saturated carbocycles. The number of hydrogen-bond acceptors (Lipinski definition) is 5. The van der Waals surface area contributed by atoms with E-state index in [1.54, 1.807) is 18.2 Å². The van der Waals surface area contributed by atoms with E-state index in [1.165, 1.54) is 23.9 Å². The third-order valence-electron chi connectivity index (χ3n) is 4.87. The lowest BCUT2D eigenvalue weighted by Gasteiger charge is -2.07. The summed E-state index contributed by atoms with van der Waals surface area (Å²) in [4.78, 5) is 25.1. The van der Waals surface area contributed by atoms with Gasteiger partial charge in [0, 0.05) is 16.6 Å². The van der Waals surface area contributed by atoms with Gasteiger partial charge in [-0.25, -0.2) is 0 Å². The van der Waals surface area contributed by atoms with Gasteiger partial charge < -0.3 is 5.32 Å². The van der Waals surface area contributed by atoms with Crippen molar-refractivity contribution in [2.24, 2.45) is 0 Å². The predicted molar refractivity (Wildman–Crippen MR) is 127 cm³/mol. The average Bonchev–Trinajstić information content (AvgIpc) is 2.76. The van der Waals surface area contributed by atoms with Crippen molar-refractivity contribution >= 4 is 35.1 Å². The number of nitrogens with zero attached hydrogens (tertiary/aromatic N) is 2. The highest BCUT2D eigenvalue weighted by Crippen LogP contribution is 2.35. The monoisotopic (exact) mass is 443 g/mol. The van der Waals surface area contributed by atoms with Crippen LogP contribution >= 0.6 is 11.8 Å². The summed E-state index contributed by atoms with van der Waals surface area (Å²) in [5, 5.41) is 23.8. The standard InChI is InChI=1S/C25H21N3O3S/c1-16-4-9-22(10-5-16)32-24-11-7-19(14-23(24)28(30)31)13-20(15-26)25(29)27-21-8-6-17(2)18(3)12-21/h4-14H,1-3H3,(H,27,29). The van der Waals surface area contributed by atoms with Crippen LogP contribution in [0, 0.1) is 42.2 Å². The quantitative estimate of drug-likeness (QED) is 0.211. The van der Waals surface area contributed by atoms with Crippen LogP contribution in [0.1, 0.15) is 22.3 Å². The van der Waals surface area contributed by atoms with Gasteiger partial charge in [-0.15, -0.1) is 0 Å². The Balaban J connectivity index is 1.86. The molecule has 0 aliphatic carbocycles. The smallest absolute Gasteiger partial charge is 0.283 e. The van der Waals surface area contributed by atoms with Crippen molar-refractivity contribution in [1.29, 1.82) is 5.26 Å². The van der Waals surface area contributed by atoms with Gasteiger partial charge in [-0.3, -0.25) is 14.9 Å². The van der Waals surface area contributed by atoms with Crippen LogP contribution < -0.4 is 5.32 Å². The fourth-order valence-electron chi connectivity index (χ4n) is 2.92. The molecule has 0 bridgehead atoms.